The summed E-state index contributed by atoms with van der Waals surface area (Å²) in [6.07, 6.45) is 3.99. The van der Waals surface area contributed by atoms with Crippen molar-refractivity contribution in [3.63, 3.8) is 0 Å². The summed E-state index contributed by atoms with van der Waals surface area (Å²) in [4.78, 5) is 2.24. The van der Waals surface area contributed by atoms with E-state index < -0.39 is 0 Å². The molecule has 0 heterocycles. The third-order valence-corrected chi connectivity index (χ3v) is 2.08. The Labute approximate surface area is 63.7 Å². The molecule has 0 spiro atoms. The first kappa shape index (κ1) is 7.80. The highest BCUT2D eigenvalue weighted by Gasteiger charge is 2.25. The second-order valence-electron chi connectivity index (χ2n) is 3.50. The fraction of sp³-hybridized carbons (Fsp3) is 0.778. The molecular formula is C9H17N. The third-order valence-electron chi connectivity index (χ3n) is 2.08. The van der Waals surface area contributed by atoms with E-state index in [2.05, 4.69) is 25.6 Å². The second kappa shape index (κ2) is 3.20. The molecule has 1 heteroatoms. The van der Waals surface area contributed by atoms with Crippen LogP contribution in [-0.4, -0.2) is 25.5 Å². The maximum absolute atomic E-state index is 3.93. The van der Waals surface area contributed by atoms with Gasteiger partial charge in [-0.2, -0.15) is 0 Å². The van der Waals surface area contributed by atoms with Crippen molar-refractivity contribution in [3.8, 4) is 0 Å². The first-order valence-corrected chi connectivity index (χ1v) is 4.02. The first-order valence-electron chi connectivity index (χ1n) is 4.02. The normalized spacial score (nSPS) is 23.9. The van der Waals surface area contributed by atoms with Gasteiger partial charge < -0.3 is 4.90 Å². The van der Waals surface area contributed by atoms with Gasteiger partial charge in [-0.3, -0.25) is 0 Å². The SMILES string of the molecule is C=C1CC1CCCN(C)C. The maximum Gasteiger partial charge on any atom is -0.00246 e. The molecule has 1 atom stereocenters. The molecule has 0 aromatic rings. The Morgan fingerprint density at radius 2 is 2.20 bits per heavy atom. The van der Waals surface area contributed by atoms with E-state index in [1.165, 1.54) is 31.4 Å². The second-order valence-corrected chi connectivity index (χ2v) is 3.50. The highest BCUT2D eigenvalue weighted by atomic mass is 15.0. The Balaban J connectivity index is 1.91. The summed E-state index contributed by atoms with van der Waals surface area (Å²) in [6, 6.07) is 0. The Morgan fingerprint density at radius 3 is 2.60 bits per heavy atom. The van der Waals surface area contributed by atoms with Crippen LogP contribution in [0.1, 0.15) is 19.3 Å². The van der Waals surface area contributed by atoms with Crippen molar-refractivity contribution >= 4 is 0 Å². The maximum atomic E-state index is 3.93. The highest BCUT2D eigenvalue weighted by Crippen LogP contribution is 2.39. The topological polar surface area (TPSA) is 3.24 Å². The van der Waals surface area contributed by atoms with Gasteiger partial charge in [0, 0.05) is 0 Å². The van der Waals surface area contributed by atoms with Gasteiger partial charge in [-0.05, 0) is 45.8 Å². The molecule has 1 nitrogen and oxygen atoms in total. The zero-order valence-corrected chi connectivity index (χ0v) is 7.06. The minimum absolute atomic E-state index is 0.889. The summed E-state index contributed by atoms with van der Waals surface area (Å²) >= 11 is 0. The largest absolute Gasteiger partial charge is 0.309 e. The molecule has 0 aromatic carbocycles. The predicted molar refractivity (Wildman–Crippen MR) is 45.0 cm³/mol. The van der Waals surface area contributed by atoms with E-state index in [0.717, 1.165) is 5.92 Å². The Bertz CT molecular complexity index is 127. The Hall–Kier alpha value is -0.300. The molecule has 10 heavy (non-hydrogen) atoms. The van der Waals surface area contributed by atoms with E-state index in [-0.39, 0.29) is 0 Å². The van der Waals surface area contributed by atoms with Gasteiger partial charge in [0.25, 0.3) is 0 Å². The van der Waals surface area contributed by atoms with Crippen LogP contribution < -0.4 is 0 Å². The van der Waals surface area contributed by atoms with Crippen molar-refractivity contribution in [1.29, 1.82) is 0 Å². The van der Waals surface area contributed by atoms with Gasteiger partial charge in [0.2, 0.25) is 0 Å². The van der Waals surface area contributed by atoms with Crippen molar-refractivity contribution in [2.24, 2.45) is 5.92 Å². The molecule has 0 amide bonds. The van der Waals surface area contributed by atoms with Gasteiger partial charge in [0.1, 0.15) is 0 Å². The minimum atomic E-state index is 0.889. The number of rotatable bonds is 4. The minimum Gasteiger partial charge on any atom is -0.309 e. The molecule has 1 aliphatic rings. The summed E-state index contributed by atoms with van der Waals surface area (Å²) in [7, 11) is 4.25. The fourth-order valence-corrected chi connectivity index (χ4v) is 1.22. The van der Waals surface area contributed by atoms with Crippen LogP contribution >= 0.6 is 0 Å². The molecule has 0 N–H and O–H groups in total. The zero-order valence-electron chi connectivity index (χ0n) is 7.06. The van der Waals surface area contributed by atoms with Gasteiger partial charge in [0.15, 0.2) is 0 Å². The molecule has 0 bridgehead atoms. The summed E-state index contributed by atoms with van der Waals surface area (Å²) in [5.74, 6) is 0.889. The molecule has 58 valence electrons. The van der Waals surface area contributed by atoms with E-state index in [0.29, 0.717) is 0 Å². The predicted octanol–water partition coefficient (Wildman–Crippen LogP) is 1.90. The molecule has 0 radical (unpaired) electrons. The van der Waals surface area contributed by atoms with Gasteiger partial charge in [-0.25, -0.2) is 0 Å². The molecule has 1 unspecified atom stereocenters. The van der Waals surface area contributed by atoms with Gasteiger partial charge in [-0.1, -0.05) is 12.2 Å². The molecule has 1 fully saturated rings. The summed E-state index contributed by atoms with van der Waals surface area (Å²) in [5, 5.41) is 0. The summed E-state index contributed by atoms with van der Waals surface area (Å²) in [5.41, 5.74) is 1.47. The lowest BCUT2D eigenvalue weighted by Crippen LogP contribution is -2.12. The lowest BCUT2D eigenvalue weighted by Gasteiger charge is -2.07. The first-order chi connectivity index (χ1) is 4.70. The standard InChI is InChI=1S/C9H17N/c1-8-7-9(8)5-4-6-10(2)3/h9H,1,4-7H2,2-3H3. The van der Waals surface area contributed by atoms with Gasteiger partial charge in [-0.15, -0.1) is 0 Å². The number of nitrogens with zero attached hydrogens (tertiary/aromatic N) is 1. The molecule has 1 saturated carbocycles. The van der Waals surface area contributed by atoms with E-state index >= 15 is 0 Å². The lowest BCUT2D eigenvalue weighted by atomic mass is 10.2. The lowest BCUT2D eigenvalue weighted by molar-refractivity contribution is 0.390. The van der Waals surface area contributed by atoms with Crippen molar-refractivity contribution in [1.82, 2.24) is 4.90 Å². The smallest absolute Gasteiger partial charge is 0.00246 e. The average molecular weight is 139 g/mol. The van der Waals surface area contributed by atoms with Crippen LogP contribution in [0.15, 0.2) is 12.2 Å². The molecule has 1 aliphatic carbocycles. The number of allylic oxidation sites excluding steroid dienone is 1. The third kappa shape index (κ3) is 2.53. The highest BCUT2D eigenvalue weighted by molar-refractivity contribution is 5.18. The molecule has 0 aliphatic heterocycles. The van der Waals surface area contributed by atoms with Crippen LogP contribution in [0.4, 0.5) is 0 Å². The number of hydrogen-bond acceptors (Lipinski definition) is 1. The molecule has 0 saturated heterocycles. The van der Waals surface area contributed by atoms with Crippen LogP contribution in [0.25, 0.3) is 0 Å². The monoisotopic (exact) mass is 139 g/mol. The Kier molecular flexibility index (Phi) is 2.50. The van der Waals surface area contributed by atoms with Gasteiger partial charge >= 0.3 is 0 Å². The van der Waals surface area contributed by atoms with E-state index in [9.17, 15) is 0 Å². The zero-order chi connectivity index (χ0) is 7.56. The van der Waals surface area contributed by atoms with E-state index in [1.54, 1.807) is 0 Å². The Morgan fingerprint density at radius 1 is 1.60 bits per heavy atom. The summed E-state index contributed by atoms with van der Waals surface area (Å²) in [6.45, 7) is 5.16. The van der Waals surface area contributed by atoms with Crippen LogP contribution in [0, 0.1) is 5.92 Å². The average Bonchev–Trinajstić information content (AvgIpc) is 2.46. The molecule has 0 aromatic heterocycles. The fourth-order valence-electron chi connectivity index (χ4n) is 1.22. The van der Waals surface area contributed by atoms with Crippen LogP contribution in [0.2, 0.25) is 0 Å². The van der Waals surface area contributed by atoms with Crippen LogP contribution in [-0.2, 0) is 0 Å². The van der Waals surface area contributed by atoms with Crippen LogP contribution in [0.3, 0.4) is 0 Å². The van der Waals surface area contributed by atoms with Crippen molar-refractivity contribution in [3.05, 3.63) is 12.2 Å². The summed E-state index contributed by atoms with van der Waals surface area (Å²) < 4.78 is 0. The molecular weight excluding hydrogens is 122 g/mol. The van der Waals surface area contributed by atoms with Gasteiger partial charge in [0.05, 0.1) is 0 Å². The molecule has 1 rings (SSSR count). The van der Waals surface area contributed by atoms with E-state index in [1.807, 2.05) is 0 Å². The van der Waals surface area contributed by atoms with Crippen LogP contribution in [0.5, 0.6) is 0 Å². The van der Waals surface area contributed by atoms with Crippen molar-refractivity contribution in [2.45, 2.75) is 19.3 Å². The number of hydrogen-bond donors (Lipinski definition) is 0. The van der Waals surface area contributed by atoms with Crippen molar-refractivity contribution < 1.29 is 0 Å². The quantitative estimate of drug-likeness (QED) is 0.538. The van der Waals surface area contributed by atoms with E-state index in [4.69, 9.17) is 0 Å². The van der Waals surface area contributed by atoms with Crippen molar-refractivity contribution in [2.75, 3.05) is 20.6 Å².